The van der Waals surface area contributed by atoms with Crippen molar-refractivity contribution in [1.82, 2.24) is 14.3 Å². The molecule has 0 saturated heterocycles. The van der Waals surface area contributed by atoms with Crippen LogP contribution in [0.5, 0.6) is 5.75 Å². The van der Waals surface area contributed by atoms with Gasteiger partial charge in [0.1, 0.15) is 16.7 Å². The first-order chi connectivity index (χ1) is 17.4. The maximum absolute atomic E-state index is 13.3. The molecule has 0 bridgehead atoms. The summed E-state index contributed by atoms with van der Waals surface area (Å²) in [5.74, 6) is -0.353. The van der Waals surface area contributed by atoms with Crippen LogP contribution in [-0.4, -0.2) is 54.3 Å². The molecule has 3 rings (SSSR count). The molecule has 37 heavy (non-hydrogen) atoms. The number of carbonyl (C=O) groups excluding carboxylic acids is 1. The van der Waals surface area contributed by atoms with Gasteiger partial charge in [-0.2, -0.15) is 4.72 Å². The van der Waals surface area contributed by atoms with E-state index in [4.69, 9.17) is 4.74 Å². The number of ether oxygens (including phenoxy) is 1. The zero-order valence-electron chi connectivity index (χ0n) is 21.1. The van der Waals surface area contributed by atoms with Crippen LogP contribution in [0.3, 0.4) is 0 Å². The van der Waals surface area contributed by atoms with E-state index in [0.29, 0.717) is 5.56 Å². The lowest BCUT2D eigenvalue weighted by Crippen LogP contribution is -2.47. The van der Waals surface area contributed by atoms with Crippen LogP contribution in [0.2, 0.25) is 0 Å². The molecule has 0 spiro atoms. The summed E-state index contributed by atoms with van der Waals surface area (Å²) in [4.78, 5) is 13.3. The topological polar surface area (TPSA) is 122 Å². The SMILES string of the molecule is COc1ccc(C)cc1S(=O)(=O)N[C@@H](Cc1ccccc1)C(=O)NCc1ccc(S(=O)(=O)N(C)C)cc1. The van der Waals surface area contributed by atoms with E-state index < -0.39 is 32.0 Å². The molecule has 9 nitrogen and oxygen atoms in total. The molecule has 3 aromatic rings. The zero-order chi connectivity index (χ0) is 27.2. The van der Waals surface area contributed by atoms with Crippen LogP contribution >= 0.6 is 0 Å². The van der Waals surface area contributed by atoms with Crippen molar-refractivity contribution in [3.05, 3.63) is 89.5 Å². The number of rotatable bonds is 11. The van der Waals surface area contributed by atoms with E-state index in [2.05, 4.69) is 10.0 Å². The Morgan fingerprint density at radius 1 is 0.919 bits per heavy atom. The maximum Gasteiger partial charge on any atom is 0.244 e. The van der Waals surface area contributed by atoms with Gasteiger partial charge in [0.25, 0.3) is 0 Å². The van der Waals surface area contributed by atoms with Crippen molar-refractivity contribution in [3.63, 3.8) is 0 Å². The number of benzene rings is 3. The lowest BCUT2D eigenvalue weighted by molar-refractivity contribution is -0.122. The van der Waals surface area contributed by atoms with Gasteiger partial charge in [-0.3, -0.25) is 4.79 Å². The van der Waals surface area contributed by atoms with Gasteiger partial charge in [-0.25, -0.2) is 21.1 Å². The molecule has 0 saturated carbocycles. The van der Waals surface area contributed by atoms with Crippen LogP contribution < -0.4 is 14.8 Å². The Morgan fingerprint density at radius 2 is 1.57 bits per heavy atom. The number of methoxy groups -OCH3 is 1. The van der Waals surface area contributed by atoms with Crippen LogP contribution in [0.25, 0.3) is 0 Å². The minimum absolute atomic E-state index is 0.0569. The monoisotopic (exact) mass is 545 g/mol. The number of hydrogen-bond acceptors (Lipinski definition) is 6. The molecule has 0 aliphatic heterocycles. The number of amides is 1. The Kier molecular flexibility index (Phi) is 9.08. The van der Waals surface area contributed by atoms with Gasteiger partial charge >= 0.3 is 0 Å². The molecule has 0 aliphatic rings. The normalized spacial score (nSPS) is 12.8. The first-order valence-electron chi connectivity index (χ1n) is 11.4. The molecule has 0 aromatic heterocycles. The summed E-state index contributed by atoms with van der Waals surface area (Å²) in [7, 11) is -3.40. The fourth-order valence-corrected chi connectivity index (χ4v) is 5.94. The average molecular weight is 546 g/mol. The zero-order valence-corrected chi connectivity index (χ0v) is 22.8. The molecule has 0 fully saturated rings. The van der Waals surface area contributed by atoms with E-state index in [1.165, 1.54) is 39.4 Å². The van der Waals surface area contributed by atoms with Gasteiger partial charge in [0, 0.05) is 20.6 Å². The Morgan fingerprint density at radius 3 is 2.16 bits per heavy atom. The van der Waals surface area contributed by atoms with Gasteiger partial charge in [0.2, 0.25) is 26.0 Å². The van der Waals surface area contributed by atoms with Crippen molar-refractivity contribution in [2.75, 3.05) is 21.2 Å². The lowest BCUT2D eigenvalue weighted by Gasteiger charge is -2.20. The molecule has 0 aliphatic carbocycles. The first-order valence-corrected chi connectivity index (χ1v) is 14.4. The number of hydrogen-bond donors (Lipinski definition) is 2. The summed E-state index contributed by atoms with van der Waals surface area (Å²) in [6.07, 6.45) is 0.125. The van der Waals surface area contributed by atoms with Crippen LogP contribution in [0.4, 0.5) is 0 Å². The van der Waals surface area contributed by atoms with E-state index in [1.807, 2.05) is 30.3 Å². The number of sulfonamides is 2. The number of carbonyl (C=O) groups is 1. The summed E-state index contributed by atoms with van der Waals surface area (Å²) in [6.45, 7) is 1.85. The Bertz CT molecular complexity index is 1440. The van der Waals surface area contributed by atoms with Gasteiger partial charge < -0.3 is 10.1 Å². The molecule has 2 N–H and O–H groups in total. The maximum atomic E-state index is 13.3. The molecule has 0 unspecified atom stereocenters. The van der Waals surface area contributed by atoms with Crippen LogP contribution in [0, 0.1) is 6.92 Å². The third kappa shape index (κ3) is 7.16. The van der Waals surface area contributed by atoms with Crippen LogP contribution in [0.1, 0.15) is 16.7 Å². The first kappa shape index (κ1) is 28.3. The third-order valence-corrected chi connectivity index (χ3v) is 9.00. The fourth-order valence-electron chi connectivity index (χ4n) is 3.58. The summed E-state index contributed by atoms with van der Waals surface area (Å²) < 4.78 is 60.0. The molecular weight excluding hydrogens is 514 g/mol. The Hall–Kier alpha value is -3.25. The second kappa shape index (κ2) is 11.9. The molecule has 198 valence electrons. The quantitative estimate of drug-likeness (QED) is 0.382. The highest BCUT2D eigenvalue weighted by atomic mass is 32.2. The Labute approximate surface area is 218 Å². The fraction of sp³-hybridized carbons (Fsp3) is 0.269. The van der Waals surface area contributed by atoms with Gasteiger partial charge in [-0.15, -0.1) is 0 Å². The predicted molar refractivity (Wildman–Crippen MR) is 141 cm³/mol. The molecule has 3 aromatic carbocycles. The van der Waals surface area contributed by atoms with Crippen molar-refractivity contribution in [1.29, 1.82) is 0 Å². The second-order valence-electron chi connectivity index (χ2n) is 8.67. The van der Waals surface area contributed by atoms with E-state index >= 15 is 0 Å². The largest absolute Gasteiger partial charge is 0.495 e. The van der Waals surface area contributed by atoms with E-state index in [9.17, 15) is 21.6 Å². The Balaban J connectivity index is 1.81. The van der Waals surface area contributed by atoms with Crippen molar-refractivity contribution in [2.45, 2.75) is 35.7 Å². The van der Waals surface area contributed by atoms with Crippen molar-refractivity contribution in [3.8, 4) is 5.75 Å². The molecular formula is C26H31N3O6S2. The van der Waals surface area contributed by atoms with Gasteiger partial charge in [-0.05, 0) is 54.3 Å². The average Bonchev–Trinajstić information content (AvgIpc) is 2.87. The number of nitrogens with one attached hydrogen (secondary N) is 2. The summed E-state index contributed by atoms with van der Waals surface area (Å²) in [5.41, 5.74) is 2.16. The minimum atomic E-state index is -4.11. The van der Waals surface area contributed by atoms with E-state index in [1.54, 1.807) is 31.2 Å². The minimum Gasteiger partial charge on any atom is -0.495 e. The number of aryl methyl sites for hydroxylation is 1. The predicted octanol–water partition coefficient (Wildman–Crippen LogP) is 2.46. The van der Waals surface area contributed by atoms with Gasteiger partial charge in [0.15, 0.2) is 0 Å². The smallest absolute Gasteiger partial charge is 0.244 e. The van der Waals surface area contributed by atoms with Crippen molar-refractivity contribution < 1.29 is 26.4 Å². The summed E-state index contributed by atoms with van der Waals surface area (Å²) in [5, 5.41) is 2.76. The molecule has 11 heteroatoms. The summed E-state index contributed by atoms with van der Waals surface area (Å²) in [6, 6.07) is 18.9. The van der Waals surface area contributed by atoms with E-state index in [-0.39, 0.29) is 28.5 Å². The highest BCUT2D eigenvalue weighted by molar-refractivity contribution is 7.89. The standard InChI is InChI=1S/C26H31N3O6S2/c1-19-10-15-24(35-4)25(16-19)36(31,32)28-23(17-20-8-6-5-7-9-20)26(30)27-18-21-11-13-22(14-12-21)37(33,34)29(2)3/h5-16,23,28H,17-18H2,1-4H3,(H,27,30)/t23-/m0/s1. The molecule has 0 heterocycles. The molecule has 0 radical (unpaired) electrons. The van der Waals surface area contributed by atoms with Crippen molar-refractivity contribution in [2.24, 2.45) is 0 Å². The van der Waals surface area contributed by atoms with Crippen LogP contribution in [0.15, 0.2) is 82.6 Å². The van der Waals surface area contributed by atoms with Crippen LogP contribution in [-0.2, 0) is 37.8 Å². The van der Waals surface area contributed by atoms with Gasteiger partial charge in [0.05, 0.1) is 12.0 Å². The van der Waals surface area contributed by atoms with Crippen molar-refractivity contribution >= 4 is 26.0 Å². The van der Waals surface area contributed by atoms with E-state index in [0.717, 1.165) is 15.4 Å². The number of nitrogens with zero attached hydrogens (tertiary/aromatic N) is 1. The summed E-state index contributed by atoms with van der Waals surface area (Å²) >= 11 is 0. The highest BCUT2D eigenvalue weighted by Gasteiger charge is 2.28. The highest BCUT2D eigenvalue weighted by Crippen LogP contribution is 2.25. The molecule has 1 atom stereocenters. The molecule has 1 amide bonds. The lowest BCUT2D eigenvalue weighted by atomic mass is 10.1. The second-order valence-corrected chi connectivity index (χ2v) is 12.5. The van der Waals surface area contributed by atoms with Gasteiger partial charge in [-0.1, -0.05) is 48.5 Å². The third-order valence-electron chi connectivity index (χ3n) is 5.67.